The monoisotopic (exact) mass is 311 g/mol. The van der Waals surface area contributed by atoms with E-state index in [4.69, 9.17) is 4.74 Å². The second-order valence-corrected chi connectivity index (χ2v) is 6.66. The van der Waals surface area contributed by atoms with Gasteiger partial charge in [0.15, 0.2) is 0 Å². The van der Waals surface area contributed by atoms with Crippen LogP contribution in [-0.4, -0.2) is 51.1 Å². The number of rotatable bonds is 7. The van der Waals surface area contributed by atoms with E-state index in [1.54, 1.807) is 0 Å². The summed E-state index contributed by atoms with van der Waals surface area (Å²) in [6, 6.07) is 0.581. The van der Waals surface area contributed by atoms with Gasteiger partial charge >= 0.3 is 5.97 Å². The highest BCUT2D eigenvalue weighted by atomic mass is 32.2. The molecule has 1 heterocycles. The highest BCUT2D eigenvalue weighted by Crippen LogP contribution is 2.31. The fraction of sp³-hybridized carbons (Fsp3) is 0.846. The highest BCUT2D eigenvalue weighted by molar-refractivity contribution is 7.99. The van der Waals surface area contributed by atoms with Crippen LogP contribution in [0.1, 0.15) is 44.6 Å². The van der Waals surface area contributed by atoms with Crippen molar-refractivity contribution in [1.82, 2.24) is 25.5 Å². The van der Waals surface area contributed by atoms with Crippen LogP contribution in [0.25, 0.3) is 0 Å². The number of tetrazole rings is 1. The number of ether oxygens (including phenoxy) is 1. The molecule has 8 heteroatoms. The van der Waals surface area contributed by atoms with Gasteiger partial charge in [0, 0.05) is 11.8 Å². The number of aromatic nitrogens is 4. The summed E-state index contributed by atoms with van der Waals surface area (Å²) in [4.78, 5) is 11.8. The molecule has 21 heavy (non-hydrogen) atoms. The molecule has 2 fully saturated rings. The number of methoxy groups -OCH3 is 1. The lowest BCUT2D eigenvalue weighted by molar-refractivity contribution is -0.142. The lowest BCUT2D eigenvalue weighted by atomic mass is 10.3. The zero-order valence-electron chi connectivity index (χ0n) is 12.2. The minimum Gasteiger partial charge on any atom is -0.468 e. The summed E-state index contributed by atoms with van der Waals surface area (Å²) in [5, 5.41) is 16.1. The highest BCUT2D eigenvalue weighted by Gasteiger charge is 2.30. The molecule has 1 N–H and O–H groups in total. The van der Waals surface area contributed by atoms with Crippen LogP contribution in [0.15, 0.2) is 5.16 Å². The van der Waals surface area contributed by atoms with Gasteiger partial charge < -0.3 is 10.1 Å². The molecule has 1 unspecified atom stereocenters. The number of nitrogens with one attached hydrogen (secondary N) is 1. The van der Waals surface area contributed by atoms with Crippen molar-refractivity contribution in [2.24, 2.45) is 0 Å². The minimum atomic E-state index is -0.291. The van der Waals surface area contributed by atoms with Crippen LogP contribution < -0.4 is 5.32 Å². The Bertz CT molecular complexity index is 485. The Morgan fingerprint density at radius 2 is 2.19 bits per heavy atom. The predicted molar refractivity (Wildman–Crippen MR) is 78.0 cm³/mol. The molecule has 2 aliphatic carbocycles. The number of hydrogen-bond acceptors (Lipinski definition) is 7. The molecule has 0 saturated heterocycles. The summed E-state index contributed by atoms with van der Waals surface area (Å²) in [5.41, 5.74) is 0. The van der Waals surface area contributed by atoms with Gasteiger partial charge in [-0.3, -0.25) is 4.79 Å². The number of esters is 1. The molecule has 1 aromatic heterocycles. The maximum Gasteiger partial charge on any atom is 0.323 e. The predicted octanol–water partition coefficient (Wildman–Crippen LogP) is 1.17. The standard InChI is InChI=1S/C13H21N5O2S/c1-20-12(19)11(14-9-6-7-9)8-21-13-15-16-17-18(13)10-4-2-3-5-10/h9-11,14H,2-8H2,1H3. The Morgan fingerprint density at radius 1 is 1.43 bits per heavy atom. The molecule has 0 spiro atoms. The summed E-state index contributed by atoms with van der Waals surface area (Å²) in [6.45, 7) is 0. The Labute approximate surface area is 128 Å². The Hall–Kier alpha value is -1.15. The van der Waals surface area contributed by atoms with Crippen molar-refractivity contribution in [1.29, 1.82) is 0 Å². The van der Waals surface area contributed by atoms with E-state index in [-0.39, 0.29) is 12.0 Å². The first kappa shape index (κ1) is 14.8. The van der Waals surface area contributed by atoms with Gasteiger partial charge in [-0.1, -0.05) is 24.6 Å². The first-order valence-corrected chi connectivity index (χ1v) is 8.51. The van der Waals surface area contributed by atoms with Crippen LogP contribution in [0.2, 0.25) is 0 Å². The van der Waals surface area contributed by atoms with Gasteiger partial charge in [0.05, 0.1) is 13.2 Å². The van der Waals surface area contributed by atoms with Crippen LogP contribution in [0.4, 0.5) is 0 Å². The number of nitrogens with zero attached hydrogens (tertiary/aromatic N) is 4. The fourth-order valence-corrected chi connectivity index (χ4v) is 3.64. The fourth-order valence-electron chi connectivity index (χ4n) is 2.68. The third-order valence-electron chi connectivity index (χ3n) is 4.01. The normalized spacial score (nSPS) is 20.6. The van der Waals surface area contributed by atoms with E-state index in [1.807, 2.05) is 4.68 Å². The smallest absolute Gasteiger partial charge is 0.323 e. The van der Waals surface area contributed by atoms with E-state index in [0.717, 1.165) is 30.8 Å². The number of thioether (sulfide) groups is 1. The second kappa shape index (κ2) is 6.74. The molecule has 0 aromatic carbocycles. The van der Waals surface area contributed by atoms with Gasteiger partial charge in [-0.05, 0) is 36.1 Å². The lowest BCUT2D eigenvalue weighted by Crippen LogP contribution is -2.41. The van der Waals surface area contributed by atoms with Gasteiger partial charge in [-0.25, -0.2) is 4.68 Å². The largest absolute Gasteiger partial charge is 0.468 e. The van der Waals surface area contributed by atoms with E-state index >= 15 is 0 Å². The molecule has 1 aromatic rings. The van der Waals surface area contributed by atoms with Crippen molar-refractivity contribution in [2.75, 3.05) is 12.9 Å². The topological polar surface area (TPSA) is 81.9 Å². The van der Waals surface area contributed by atoms with Gasteiger partial charge in [-0.2, -0.15) is 0 Å². The molecule has 0 amide bonds. The molecule has 2 aliphatic rings. The molecule has 116 valence electrons. The maximum absolute atomic E-state index is 11.8. The van der Waals surface area contributed by atoms with Crippen molar-refractivity contribution >= 4 is 17.7 Å². The molecule has 2 saturated carbocycles. The van der Waals surface area contributed by atoms with Crippen LogP contribution in [-0.2, 0) is 9.53 Å². The summed E-state index contributed by atoms with van der Waals surface area (Å²) in [5.74, 6) is 0.380. The van der Waals surface area contributed by atoms with Gasteiger partial charge in [-0.15, -0.1) is 5.10 Å². The first-order chi connectivity index (χ1) is 10.3. The minimum absolute atomic E-state index is 0.214. The number of hydrogen-bond donors (Lipinski definition) is 1. The van der Waals surface area contributed by atoms with E-state index in [9.17, 15) is 4.79 Å². The van der Waals surface area contributed by atoms with Crippen molar-refractivity contribution in [3.8, 4) is 0 Å². The van der Waals surface area contributed by atoms with Crippen LogP contribution in [0, 0.1) is 0 Å². The Balaban J connectivity index is 1.59. The molecule has 0 aliphatic heterocycles. The SMILES string of the molecule is COC(=O)C(CSc1nnnn1C1CCCC1)NC1CC1. The summed E-state index contributed by atoms with van der Waals surface area (Å²) < 4.78 is 6.79. The zero-order chi connectivity index (χ0) is 14.7. The number of carbonyl (C=O) groups excluding carboxylic acids is 1. The quantitative estimate of drug-likeness (QED) is 0.598. The molecular formula is C13H21N5O2S. The maximum atomic E-state index is 11.8. The molecule has 0 radical (unpaired) electrons. The van der Waals surface area contributed by atoms with E-state index in [2.05, 4.69) is 20.8 Å². The van der Waals surface area contributed by atoms with Gasteiger partial charge in [0.2, 0.25) is 5.16 Å². The Morgan fingerprint density at radius 3 is 2.86 bits per heavy atom. The van der Waals surface area contributed by atoms with E-state index in [1.165, 1.54) is 31.7 Å². The average molecular weight is 311 g/mol. The van der Waals surface area contributed by atoms with Gasteiger partial charge in [0.1, 0.15) is 6.04 Å². The van der Waals surface area contributed by atoms with Crippen molar-refractivity contribution in [2.45, 2.75) is 61.8 Å². The lowest BCUT2D eigenvalue weighted by Gasteiger charge is -2.16. The van der Waals surface area contributed by atoms with Gasteiger partial charge in [0.25, 0.3) is 0 Å². The van der Waals surface area contributed by atoms with Crippen LogP contribution >= 0.6 is 11.8 Å². The van der Waals surface area contributed by atoms with Crippen LogP contribution in [0.5, 0.6) is 0 Å². The molecule has 1 atom stereocenters. The van der Waals surface area contributed by atoms with E-state index in [0.29, 0.717) is 17.8 Å². The van der Waals surface area contributed by atoms with Crippen molar-refractivity contribution < 1.29 is 9.53 Å². The summed E-state index contributed by atoms with van der Waals surface area (Å²) in [6.07, 6.45) is 7.03. The summed E-state index contributed by atoms with van der Waals surface area (Å²) >= 11 is 1.53. The third-order valence-corrected chi connectivity index (χ3v) is 5.04. The third kappa shape index (κ3) is 3.74. The molecule has 7 nitrogen and oxygen atoms in total. The van der Waals surface area contributed by atoms with E-state index < -0.39 is 0 Å². The van der Waals surface area contributed by atoms with Crippen molar-refractivity contribution in [3.05, 3.63) is 0 Å². The molecule has 0 bridgehead atoms. The second-order valence-electron chi connectivity index (χ2n) is 5.67. The average Bonchev–Trinajstić information content (AvgIpc) is 2.98. The first-order valence-electron chi connectivity index (χ1n) is 7.52. The van der Waals surface area contributed by atoms with Crippen molar-refractivity contribution in [3.63, 3.8) is 0 Å². The van der Waals surface area contributed by atoms with Crippen LogP contribution in [0.3, 0.4) is 0 Å². The summed E-state index contributed by atoms with van der Waals surface area (Å²) in [7, 11) is 1.43. The zero-order valence-corrected chi connectivity index (χ0v) is 13.0. The number of carbonyl (C=O) groups is 1. The molecular weight excluding hydrogens is 290 g/mol. The Kier molecular flexibility index (Phi) is 4.74. The molecule has 3 rings (SSSR count).